The monoisotopic (exact) mass is 383 g/mol. The Balaban J connectivity index is 1.73. The van der Waals surface area contributed by atoms with Crippen molar-refractivity contribution in [2.45, 2.75) is 24.1 Å². The molecule has 1 aromatic heterocycles. The molecule has 0 bridgehead atoms. The van der Waals surface area contributed by atoms with Gasteiger partial charge in [-0.2, -0.15) is 13.2 Å². The predicted octanol–water partition coefficient (Wildman–Crippen LogP) is 3.95. The molecule has 8 heteroatoms. The minimum atomic E-state index is -4.47. The smallest absolute Gasteiger partial charge is 0.368 e. The van der Waals surface area contributed by atoms with Crippen molar-refractivity contribution in [1.29, 1.82) is 0 Å². The number of alkyl halides is 3. The fourth-order valence-electron chi connectivity index (χ4n) is 2.16. The maximum atomic E-state index is 12.9. The second-order valence-corrected chi connectivity index (χ2v) is 6.88. The lowest BCUT2D eigenvalue weighted by atomic mass is 10.2. The van der Waals surface area contributed by atoms with E-state index >= 15 is 0 Å². The molecule has 1 heterocycles. The van der Waals surface area contributed by atoms with E-state index < -0.39 is 11.7 Å². The van der Waals surface area contributed by atoms with E-state index in [0.29, 0.717) is 0 Å². The highest BCUT2D eigenvalue weighted by molar-refractivity contribution is 7.99. The number of aromatic nitrogens is 1. The van der Waals surface area contributed by atoms with Crippen molar-refractivity contribution in [3.8, 4) is 0 Å². The van der Waals surface area contributed by atoms with Gasteiger partial charge in [-0.3, -0.25) is 4.79 Å². The van der Waals surface area contributed by atoms with Gasteiger partial charge in [-0.15, -0.1) is 11.8 Å². The maximum absolute atomic E-state index is 12.9. The van der Waals surface area contributed by atoms with Gasteiger partial charge >= 0.3 is 6.18 Å². The minimum absolute atomic E-state index is 0.148. The van der Waals surface area contributed by atoms with E-state index in [4.69, 9.17) is 0 Å². The van der Waals surface area contributed by atoms with E-state index in [0.717, 1.165) is 17.4 Å². The molecule has 140 valence electrons. The van der Waals surface area contributed by atoms with Crippen molar-refractivity contribution in [2.75, 3.05) is 18.4 Å². The van der Waals surface area contributed by atoms with E-state index in [1.54, 1.807) is 6.92 Å². The Morgan fingerprint density at radius 1 is 1.15 bits per heavy atom. The summed E-state index contributed by atoms with van der Waals surface area (Å²) in [6.07, 6.45) is -3.18. The molecule has 0 saturated heterocycles. The van der Waals surface area contributed by atoms with Gasteiger partial charge in [-0.25, -0.2) is 4.98 Å². The molecular weight excluding hydrogens is 363 g/mol. The standard InChI is InChI=1S/C18H20F3N3OS/c1-13(26-12-14-6-3-2-4-7-14)17(25)24-11-10-23-16-15(18(19,20)21)8-5-9-22-16/h2-9,13H,10-12H2,1H3,(H,22,23)(H,24,25). The molecule has 2 rings (SSSR count). The molecule has 0 aliphatic heterocycles. The number of benzene rings is 1. The van der Waals surface area contributed by atoms with E-state index in [1.165, 1.54) is 24.0 Å². The second-order valence-electron chi connectivity index (χ2n) is 5.55. The summed E-state index contributed by atoms with van der Waals surface area (Å²) in [5.41, 5.74) is 0.312. The van der Waals surface area contributed by atoms with E-state index in [2.05, 4.69) is 15.6 Å². The first-order valence-corrected chi connectivity index (χ1v) is 9.12. The van der Waals surface area contributed by atoms with Gasteiger partial charge in [0, 0.05) is 25.0 Å². The summed E-state index contributed by atoms with van der Waals surface area (Å²) in [6, 6.07) is 12.0. The Morgan fingerprint density at radius 3 is 2.58 bits per heavy atom. The van der Waals surface area contributed by atoms with Crippen LogP contribution in [0, 0.1) is 0 Å². The summed E-state index contributed by atoms with van der Waals surface area (Å²) in [4.78, 5) is 15.8. The summed E-state index contributed by atoms with van der Waals surface area (Å²) >= 11 is 1.50. The van der Waals surface area contributed by atoms with Crippen LogP contribution in [0.4, 0.5) is 19.0 Å². The van der Waals surface area contributed by atoms with Crippen molar-refractivity contribution in [3.05, 3.63) is 59.8 Å². The molecule has 1 aromatic carbocycles. The van der Waals surface area contributed by atoms with Gasteiger partial charge in [0.2, 0.25) is 5.91 Å². The lowest BCUT2D eigenvalue weighted by Crippen LogP contribution is -2.34. The molecule has 0 saturated carbocycles. The zero-order valence-corrected chi connectivity index (χ0v) is 15.0. The summed E-state index contributed by atoms with van der Waals surface area (Å²) in [7, 11) is 0. The molecule has 26 heavy (non-hydrogen) atoms. The van der Waals surface area contributed by atoms with Crippen LogP contribution in [0.5, 0.6) is 0 Å². The molecule has 1 unspecified atom stereocenters. The Hall–Kier alpha value is -2.22. The summed E-state index contributed by atoms with van der Waals surface area (Å²) in [5.74, 6) is 0.335. The van der Waals surface area contributed by atoms with Gasteiger partial charge in [0.25, 0.3) is 0 Å². The predicted molar refractivity (Wildman–Crippen MR) is 97.9 cm³/mol. The molecule has 0 fully saturated rings. The number of halogens is 3. The van der Waals surface area contributed by atoms with Crippen molar-refractivity contribution in [2.24, 2.45) is 0 Å². The number of amides is 1. The fraction of sp³-hybridized carbons (Fsp3) is 0.333. The third-order valence-corrected chi connectivity index (χ3v) is 4.76. The van der Waals surface area contributed by atoms with Crippen molar-refractivity contribution in [3.63, 3.8) is 0 Å². The average Bonchev–Trinajstić information content (AvgIpc) is 2.63. The lowest BCUT2D eigenvalue weighted by Gasteiger charge is -2.15. The van der Waals surface area contributed by atoms with E-state index in [1.807, 2.05) is 30.3 Å². The maximum Gasteiger partial charge on any atom is 0.419 e. The molecular formula is C18H20F3N3OS. The highest BCUT2D eigenvalue weighted by Gasteiger charge is 2.33. The summed E-state index contributed by atoms with van der Waals surface area (Å²) in [6.45, 7) is 2.17. The largest absolute Gasteiger partial charge is 0.419 e. The van der Waals surface area contributed by atoms with Crippen LogP contribution in [0.15, 0.2) is 48.7 Å². The number of hydrogen-bond acceptors (Lipinski definition) is 4. The summed E-state index contributed by atoms with van der Waals surface area (Å²) < 4.78 is 38.6. The molecule has 4 nitrogen and oxygen atoms in total. The number of rotatable bonds is 8. The van der Waals surface area contributed by atoms with Gasteiger partial charge in [0.1, 0.15) is 5.82 Å². The summed E-state index contributed by atoms with van der Waals surface area (Å²) in [5, 5.41) is 5.08. The number of anilines is 1. The second kappa shape index (κ2) is 9.47. The third-order valence-electron chi connectivity index (χ3n) is 3.54. The van der Waals surface area contributed by atoms with Crippen LogP contribution < -0.4 is 10.6 Å². The molecule has 0 radical (unpaired) electrons. The Kier molecular flexibility index (Phi) is 7.32. The lowest BCUT2D eigenvalue weighted by molar-refractivity contribution is -0.137. The van der Waals surface area contributed by atoms with Crippen LogP contribution in [0.2, 0.25) is 0 Å². The molecule has 1 amide bonds. The van der Waals surface area contributed by atoms with E-state index in [9.17, 15) is 18.0 Å². The number of hydrogen-bond donors (Lipinski definition) is 2. The van der Waals surface area contributed by atoms with Crippen LogP contribution >= 0.6 is 11.8 Å². The number of carbonyl (C=O) groups excluding carboxylic acids is 1. The quantitative estimate of drug-likeness (QED) is 0.678. The number of thioether (sulfide) groups is 1. The number of carbonyl (C=O) groups is 1. The van der Waals surface area contributed by atoms with Crippen molar-refractivity contribution >= 4 is 23.5 Å². The average molecular weight is 383 g/mol. The molecule has 0 spiro atoms. The third kappa shape index (κ3) is 6.25. The molecule has 0 aliphatic rings. The van der Waals surface area contributed by atoms with Crippen LogP contribution in [0.1, 0.15) is 18.1 Å². The molecule has 2 aromatic rings. The first-order valence-electron chi connectivity index (χ1n) is 8.07. The molecule has 1 atom stereocenters. The van der Waals surface area contributed by atoms with Gasteiger partial charge < -0.3 is 10.6 Å². The van der Waals surface area contributed by atoms with Gasteiger partial charge in [0.05, 0.1) is 10.8 Å². The Morgan fingerprint density at radius 2 is 1.88 bits per heavy atom. The van der Waals surface area contributed by atoms with Crippen molar-refractivity contribution in [1.82, 2.24) is 10.3 Å². The zero-order valence-electron chi connectivity index (χ0n) is 14.2. The molecule has 0 aliphatic carbocycles. The number of pyridine rings is 1. The Bertz CT molecular complexity index is 710. The van der Waals surface area contributed by atoms with Crippen LogP contribution in [0.25, 0.3) is 0 Å². The Labute approximate surface area is 154 Å². The van der Waals surface area contributed by atoms with Gasteiger partial charge in [-0.1, -0.05) is 30.3 Å². The first kappa shape index (κ1) is 20.1. The van der Waals surface area contributed by atoms with Gasteiger partial charge in [-0.05, 0) is 24.6 Å². The number of nitrogens with one attached hydrogen (secondary N) is 2. The highest BCUT2D eigenvalue weighted by Crippen LogP contribution is 2.33. The number of nitrogens with zero attached hydrogens (tertiary/aromatic N) is 1. The molecule has 2 N–H and O–H groups in total. The fourth-order valence-corrected chi connectivity index (χ4v) is 3.03. The zero-order chi connectivity index (χ0) is 19.0. The SMILES string of the molecule is CC(SCc1ccccc1)C(=O)NCCNc1ncccc1C(F)(F)F. The topological polar surface area (TPSA) is 54.0 Å². The normalized spacial score (nSPS) is 12.5. The van der Waals surface area contributed by atoms with Crippen LogP contribution in [0.3, 0.4) is 0 Å². The van der Waals surface area contributed by atoms with E-state index in [-0.39, 0.29) is 30.1 Å². The van der Waals surface area contributed by atoms with Crippen LogP contribution in [-0.4, -0.2) is 29.2 Å². The first-order chi connectivity index (χ1) is 12.4. The van der Waals surface area contributed by atoms with Gasteiger partial charge in [0.15, 0.2) is 0 Å². The highest BCUT2D eigenvalue weighted by atomic mass is 32.2. The minimum Gasteiger partial charge on any atom is -0.368 e. The van der Waals surface area contributed by atoms with Crippen molar-refractivity contribution < 1.29 is 18.0 Å². The van der Waals surface area contributed by atoms with Crippen LogP contribution in [-0.2, 0) is 16.7 Å².